The number of aryl methyl sites for hydroxylation is 1. The van der Waals surface area contributed by atoms with Crippen molar-refractivity contribution in [3.8, 4) is 0 Å². The summed E-state index contributed by atoms with van der Waals surface area (Å²) in [7, 11) is 0. The Hall–Kier alpha value is -1.36. The molecule has 162 valence electrons. The van der Waals surface area contributed by atoms with E-state index in [1.54, 1.807) is 62.3 Å². The first-order valence-electron chi connectivity index (χ1n) is 8.61. The van der Waals surface area contributed by atoms with Crippen molar-refractivity contribution in [1.29, 1.82) is 0 Å². The number of hydrogen-bond acceptors (Lipinski definition) is 3. The quantitative estimate of drug-likeness (QED) is 0.451. The summed E-state index contributed by atoms with van der Waals surface area (Å²) in [6.45, 7) is 17.0. The van der Waals surface area contributed by atoms with Crippen LogP contribution in [0.15, 0.2) is 24.3 Å². The molecule has 3 N–H and O–H groups in total. The van der Waals surface area contributed by atoms with Gasteiger partial charge in [0.1, 0.15) is 0 Å². The summed E-state index contributed by atoms with van der Waals surface area (Å²) in [5.74, 6) is -2.27. The molecule has 0 atom stereocenters. The molecule has 0 heterocycles. The molecule has 6 nitrogen and oxygen atoms in total. The van der Waals surface area contributed by atoms with E-state index < -0.39 is 34.2 Å². The average Bonchev–Trinajstić information content (AvgIpc) is 2.88. The second kappa shape index (κ2) is 14.6. The van der Waals surface area contributed by atoms with Crippen molar-refractivity contribution in [3.05, 3.63) is 29.8 Å². The zero-order chi connectivity index (χ0) is 22.6. The summed E-state index contributed by atoms with van der Waals surface area (Å²) < 4.78 is 0. The largest absolute Gasteiger partial charge is 0.481 e. The maximum absolute atomic E-state index is 10.0. The molecule has 0 unspecified atom stereocenters. The van der Waals surface area contributed by atoms with Crippen LogP contribution in [0.1, 0.15) is 67.9 Å². The van der Waals surface area contributed by atoms with Gasteiger partial charge in [0.25, 0.3) is 0 Å². The molecule has 1 aromatic rings. The Morgan fingerprint density at radius 3 is 0.786 bits per heavy atom. The molecule has 28 heavy (non-hydrogen) atoms. The second-order valence-corrected chi connectivity index (χ2v) is 9.13. The maximum atomic E-state index is 10.0. The van der Waals surface area contributed by atoms with Gasteiger partial charge >= 0.3 is 17.9 Å². The first-order chi connectivity index (χ1) is 11.7. The SMILES string of the molecule is CC(C)(C)C(=O)O.CC(C)(C)C(=O)O.CC(C)(C)C(=O)O.C[c-]1cccc1.[Zr]. The van der Waals surface area contributed by atoms with Crippen molar-refractivity contribution < 1.29 is 55.9 Å². The normalized spacial score (nSPS) is 10.4. The topological polar surface area (TPSA) is 112 Å². The first kappa shape index (κ1) is 34.2. The van der Waals surface area contributed by atoms with Crippen LogP contribution in [0.25, 0.3) is 0 Å². The number of rotatable bonds is 0. The molecule has 0 bridgehead atoms. The van der Waals surface area contributed by atoms with E-state index in [0.29, 0.717) is 0 Å². The summed E-state index contributed by atoms with van der Waals surface area (Å²) in [5, 5.41) is 24.8. The molecular formula is C21H37O6Zr-. The summed E-state index contributed by atoms with van der Waals surface area (Å²) in [6.07, 6.45) is 0. The minimum Gasteiger partial charge on any atom is -0.481 e. The number of carbonyl (C=O) groups is 3. The molecule has 0 aliphatic heterocycles. The van der Waals surface area contributed by atoms with Gasteiger partial charge in [0.15, 0.2) is 0 Å². The van der Waals surface area contributed by atoms with Crippen LogP contribution < -0.4 is 0 Å². The van der Waals surface area contributed by atoms with Crippen molar-refractivity contribution in [2.45, 2.75) is 69.2 Å². The molecule has 7 heteroatoms. The monoisotopic (exact) mass is 475 g/mol. The number of carboxylic acids is 3. The van der Waals surface area contributed by atoms with Crippen LogP contribution >= 0.6 is 0 Å². The van der Waals surface area contributed by atoms with Gasteiger partial charge in [-0.15, -0.1) is 0 Å². The smallest absolute Gasteiger partial charge is 0.308 e. The Labute approximate surface area is 188 Å². The van der Waals surface area contributed by atoms with Crippen molar-refractivity contribution in [1.82, 2.24) is 0 Å². The van der Waals surface area contributed by atoms with Gasteiger partial charge in [-0.1, -0.05) is 6.92 Å². The fraction of sp³-hybridized carbons (Fsp3) is 0.619. The van der Waals surface area contributed by atoms with Gasteiger partial charge in [0.05, 0.1) is 16.2 Å². The maximum Gasteiger partial charge on any atom is 0.308 e. The predicted octanol–water partition coefficient (Wildman–Crippen LogP) is 5.06. The molecule has 0 aliphatic rings. The molecule has 0 amide bonds. The molecule has 0 aliphatic carbocycles. The first-order valence-corrected chi connectivity index (χ1v) is 8.61. The molecule has 0 fully saturated rings. The van der Waals surface area contributed by atoms with Crippen LogP contribution in [0.3, 0.4) is 0 Å². The zero-order valence-electron chi connectivity index (χ0n) is 18.9. The van der Waals surface area contributed by atoms with Crippen molar-refractivity contribution in [3.63, 3.8) is 0 Å². The predicted molar refractivity (Wildman–Crippen MR) is 108 cm³/mol. The van der Waals surface area contributed by atoms with E-state index in [1.807, 2.05) is 12.1 Å². The minimum atomic E-state index is -0.757. The summed E-state index contributed by atoms with van der Waals surface area (Å²) in [5.41, 5.74) is -0.407. The Morgan fingerprint density at radius 2 is 0.750 bits per heavy atom. The molecule has 0 spiro atoms. The number of carboxylic acid groups (broad SMARTS) is 3. The Balaban J connectivity index is -0.000000136. The molecule has 0 saturated heterocycles. The number of hydrogen-bond donors (Lipinski definition) is 3. The van der Waals surface area contributed by atoms with E-state index in [2.05, 4.69) is 19.1 Å². The Bertz CT molecular complexity index is 498. The zero-order valence-corrected chi connectivity index (χ0v) is 21.3. The van der Waals surface area contributed by atoms with Crippen molar-refractivity contribution >= 4 is 17.9 Å². The van der Waals surface area contributed by atoms with E-state index in [-0.39, 0.29) is 26.2 Å². The van der Waals surface area contributed by atoms with Crippen molar-refractivity contribution in [2.75, 3.05) is 0 Å². The molecule has 1 rings (SSSR count). The van der Waals surface area contributed by atoms with E-state index >= 15 is 0 Å². The van der Waals surface area contributed by atoms with Gasteiger partial charge in [-0.25, -0.2) is 12.1 Å². The molecule has 0 radical (unpaired) electrons. The van der Waals surface area contributed by atoms with Crippen LogP contribution in [0, 0.1) is 23.2 Å². The number of aliphatic carboxylic acids is 3. The summed E-state index contributed by atoms with van der Waals surface area (Å²) >= 11 is 0. The molecule has 0 aromatic heterocycles. The summed E-state index contributed by atoms with van der Waals surface area (Å²) in [4.78, 5) is 30.1. The van der Waals surface area contributed by atoms with Crippen LogP contribution in [0.5, 0.6) is 0 Å². The second-order valence-electron chi connectivity index (χ2n) is 9.13. The van der Waals surface area contributed by atoms with E-state index in [1.165, 1.54) is 5.56 Å². The minimum absolute atomic E-state index is 0. The van der Waals surface area contributed by atoms with Crippen LogP contribution in [-0.4, -0.2) is 33.2 Å². The third kappa shape index (κ3) is 24.6. The van der Waals surface area contributed by atoms with Crippen molar-refractivity contribution in [2.24, 2.45) is 16.2 Å². The van der Waals surface area contributed by atoms with Gasteiger partial charge in [-0.05, 0) is 62.3 Å². The molecule has 1 aromatic carbocycles. The van der Waals surface area contributed by atoms with E-state index in [4.69, 9.17) is 15.3 Å². The Kier molecular flexibility index (Phi) is 17.8. The van der Waals surface area contributed by atoms with E-state index in [0.717, 1.165) is 0 Å². The van der Waals surface area contributed by atoms with Crippen LogP contribution in [0.2, 0.25) is 0 Å². The van der Waals surface area contributed by atoms with E-state index in [9.17, 15) is 14.4 Å². The molecule has 0 saturated carbocycles. The third-order valence-corrected chi connectivity index (χ3v) is 2.75. The average molecular weight is 477 g/mol. The standard InChI is InChI=1S/C6H7.3C5H10O2.Zr/c1-6-4-2-3-5-6;3*1-5(2,3)4(6)7;/h2-5H,1H3;3*1-3H3,(H,6,7);/q-1;;;;. The fourth-order valence-electron chi connectivity index (χ4n) is 0.470. The van der Waals surface area contributed by atoms with Gasteiger partial charge in [-0.3, -0.25) is 14.4 Å². The summed E-state index contributed by atoms with van der Waals surface area (Å²) in [6, 6.07) is 8.24. The van der Waals surface area contributed by atoms with Gasteiger partial charge < -0.3 is 15.3 Å². The molecular weight excluding hydrogens is 439 g/mol. The van der Waals surface area contributed by atoms with Gasteiger partial charge in [0, 0.05) is 26.2 Å². The van der Waals surface area contributed by atoms with Crippen LogP contribution in [0.4, 0.5) is 0 Å². The fourth-order valence-corrected chi connectivity index (χ4v) is 0.470. The van der Waals surface area contributed by atoms with Gasteiger partial charge in [0.2, 0.25) is 0 Å². The Morgan fingerprint density at radius 1 is 0.607 bits per heavy atom. The van der Waals surface area contributed by atoms with Crippen LogP contribution in [-0.2, 0) is 40.6 Å². The third-order valence-electron chi connectivity index (χ3n) is 2.75. The van der Waals surface area contributed by atoms with Gasteiger partial charge in [-0.2, -0.15) is 17.7 Å².